The van der Waals surface area contributed by atoms with Crippen molar-refractivity contribution in [1.82, 2.24) is 20.4 Å². The van der Waals surface area contributed by atoms with Gasteiger partial charge in [-0.3, -0.25) is 19.8 Å². The van der Waals surface area contributed by atoms with Crippen LogP contribution in [0.25, 0.3) is 0 Å². The van der Waals surface area contributed by atoms with E-state index in [4.69, 9.17) is 0 Å². The minimum absolute atomic E-state index is 0.0227. The van der Waals surface area contributed by atoms with Gasteiger partial charge in [0.05, 0.1) is 13.1 Å². The van der Waals surface area contributed by atoms with Crippen LogP contribution in [0.15, 0.2) is 11.4 Å². The first-order valence-corrected chi connectivity index (χ1v) is 8.63. The highest BCUT2D eigenvalue weighted by Crippen LogP contribution is 2.26. The van der Waals surface area contributed by atoms with Gasteiger partial charge in [0.15, 0.2) is 0 Å². The summed E-state index contributed by atoms with van der Waals surface area (Å²) >= 11 is 1.78. The van der Waals surface area contributed by atoms with Crippen LogP contribution in [-0.4, -0.2) is 59.4 Å². The Bertz CT molecular complexity index is 688. The number of imide groups is 1. The summed E-state index contributed by atoms with van der Waals surface area (Å²) in [5.74, 6) is -0.298. The molecule has 4 heterocycles. The number of carbonyl (C=O) groups excluding carboxylic acids is 3. The van der Waals surface area contributed by atoms with E-state index in [-0.39, 0.29) is 18.4 Å². The number of amides is 4. The molecule has 3 aliphatic heterocycles. The summed E-state index contributed by atoms with van der Waals surface area (Å²) in [7, 11) is 0. The normalized spacial score (nSPS) is 27.2. The second kappa shape index (κ2) is 5.31. The van der Waals surface area contributed by atoms with Crippen LogP contribution in [0.4, 0.5) is 4.79 Å². The van der Waals surface area contributed by atoms with Crippen molar-refractivity contribution in [3.05, 3.63) is 21.9 Å². The fourth-order valence-electron chi connectivity index (χ4n) is 3.57. The number of thiophene rings is 1. The van der Waals surface area contributed by atoms with Crippen molar-refractivity contribution in [3.8, 4) is 0 Å². The molecule has 4 rings (SSSR count). The minimum atomic E-state index is -0.921. The Labute approximate surface area is 137 Å². The number of rotatable bonds is 2. The van der Waals surface area contributed by atoms with Gasteiger partial charge in [-0.25, -0.2) is 4.79 Å². The Kier molecular flexibility index (Phi) is 3.38. The molecule has 8 heteroatoms. The van der Waals surface area contributed by atoms with Gasteiger partial charge >= 0.3 is 6.03 Å². The largest absolute Gasteiger partial charge is 0.339 e. The summed E-state index contributed by atoms with van der Waals surface area (Å²) in [4.78, 5) is 41.1. The van der Waals surface area contributed by atoms with E-state index in [2.05, 4.69) is 27.0 Å². The van der Waals surface area contributed by atoms with Crippen LogP contribution >= 0.6 is 11.3 Å². The number of likely N-dealkylation sites (tertiary alicyclic amines) is 1. The molecule has 2 fully saturated rings. The van der Waals surface area contributed by atoms with E-state index < -0.39 is 11.6 Å². The van der Waals surface area contributed by atoms with Gasteiger partial charge in [0.2, 0.25) is 5.91 Å². The van der Waals surface area contributed by atoms with E-state index in [9.17, 15) is 14.4 Å². The molecule has 1 spiro atoms. The Balaban J connectivity index is 1.38. The SMILES string of the molecule is O=C1NC(=O)[C@]2(CCN(C(=O)CN3CCc4sccc4C3)C2)N1. The molecule has 0 aromatic carbocycles. The monoisotopic (exact) mass is 334 g/mol. The highest BCUT2D eigenvalue weighted by Gasteiger charge is 2.51. The van der Waals surface area contributed by atoms with Crippen LogP contribution in [0.3, 0.4) is 0 Å². The van der Waals surface area contributed by atoms with Crippen molar-refractivity contribution >= 4 is 29.2 Å². The summed E-state index contributed by atoms with van der Waals surface area (Å²) in [5.41, 5.74) is 0.393. The van der Waals surface area contributed by atoms with E-state index in [0.29, 0.717) is 19.5 Å². The first-order valence-electron chi connectivity index (χ1n) is 7.75. The van der Waals surface area contributed by atoms with Crippen molar-refractivity contribution in [2.75, 3.05) is 26.2 Å². The second-order valence-corrected chi connectivity index (χ2v) is 7.39. The zero-order valence-electron chi connectivity index (χ0n) is 12.6. The number of nitrogens with zero attached hydrogens (tertiary/aromatic N) is 2. The molecule has 0 aliphatic carbocycles. The summed E-state index contributed by atoms with van der Waals surface area (Å²) in [6.07, 6.45) is 1.47. The minimum Gasteiger partial charge on any atom is -0.339 e. The van der Waals surface area contributed by atoms with Gasteiger partial charge in [0.25, 0.3) is 5.91 Å². The number of fused-ring (bicyclic) bond motifs is 1. The lowest BCUT2D eigenvalue weighted by Crippen LogP contribution is -2.50. The molecule has 2 N–H and O–H groups in total. The van der Waals surface area contributed by atoms with E-state index >= 15 is 0 Å². The average molecular weight is 334 g/mol. The molecule has 122 valence electrons. The van der Waals surface area contributed by atoms with E-state index in [1.54, 1.807) is 16.2 Å². The lowest BCUT2D eigenvalue weighted by atomic mass is 10.00. The Morgan fingerprint density at radius 1 is 1.35 bits per heavy atom. The second-order valence-electron chi connectivity index (χ2n) is 6.39. The highest BCUT2D eigenvalue weighted by atomic mass is 32.1. The molecule has 1 aromatic heterocycles. The number of hydrogen-bond acceptors (Lipinski definition) is 5. The molecule has 3 aliphatic rings. The number of urea groups is 1. The summed E-state index contributed by atoms with van der Waals surface area (Å²) in [5, 5.41) is 7.03. The molecule has 4 amide bonds. The third kappa shape index (κ3) is 2.51. The molecular weight excluding hydrogens is 316 g/mol. The number of nitrogens with one attached hydrogen (secondary N) is 2. The first kappa shape index (κ1) is 14.6. The zero-order chi connectivity index (χ0) is 16.0. The summed E-state index contributed by atoms with van der Waals surface area (Å²) < 4.78 is 0. The highest BCUT2D eigenvalue weighted by molar-refractivity contribution is 7.10. The Hall–Kier alpha value is -1.93. The molecule has 0 saturated carbocycles. The third-order valence-corrected chi connectivity index (χ3v) is 5.91. The Morgan fingerprint density at radius 3 is 3.00 bits per heavy atom. The summed E-state index contributed by atoms with van der Waals surface area (Å²) in [6, 6.07) is 1.66. The van der Waals surface area contributed by atoms with Crippen LogP contribution in [-0.2, 0) is 22.6 Å². The van der Waals surface area contributed by atoms with Gasteiger partial charge in [-0.15, -0.1) is 11.3 Å². The van der Waals surface area contributed by atoms with Crippen molar-refractivity contribution in [2.24, 2.45) is 0 Å². The molecule has 1 atom stereocenters. The molecular formula is C15H18N4O3S. The molecule has 0 bridgehead atoms. The molecule has 1 aromatic rings. The maximum atomic E-state index is 12.5. The van der Waals surface area contributed by atoms with E-state index in [0.717, 1.165) is 19.5 Å². The quantitative estimate of drug-likeness (QED) is 0.741. The maximum absolute atomic E-state index is 12.5. The average Bonchev–Trinajstić information content (AvgIpc) is 3.19. The van der Waals surface area contributed by atoms with Crippen LogP contribution in [0, 0.1) is 0 Å². The van der Waals surface area contributed by atoms with Crippen molar-refractivity contribution in [1.29, 1.82) is 0 Å². The lowest BCUT2D eigenvalue weighted by molar-refractivity contribution is -0.132. The third-order valence-electron chi connectivity index (χ3n) is 4.88. The van der Waals surface area contributed by atoms with E-state index in [1.165, 1.54) is 10.4 Å². The fraction of sp³-hybridized carbons (Fsp3) is 0.533. The molecule has 0 radical (unpaired) electrons. The smallest absolute Gasteiger partial charge is 0.322 e. The molecule has 23 heavy (non-hydrogen) atoms. The van der Waals surface area contributed by atoms with E-state index in [1.807, 2.05) is 0 Å². The fourth-order valence-corrected chi connectivity index (χ4v) is 4.46. The van der Waals surface area contributed by atoms with Crippen LogP contribution in [0.2, 0.25) is 0 Å². The van der Waals surface area contributed by atoms with Gasteiger partial charge in [-0.05, 0) is 29.9 Å². The predicted octanol–water partition coefficient (Wildman–Crippen LogP) is -0.0833. The first-order chi connectivity index (χ1) is 11.1. The molecule has 0 unspecified atom stereocenters. The maximum Gasteiger partial charge on any atom is 0.322 e. The molecule has 7 nitrogen and oxygen atoms in total. The standard InChI is InChI=1S/C15H18N4O3S/c20-12(8-18-4-1-11-10(7-18)2-6-23-11)19-5-3-15(9-19)13(21)16-14(22)17-15/h2,6H,1,3-5,7-9H2,(H2,16,17,21,22)/t15-/m1/s1. The lowest BCUT2D eigenvalue weighted by Gasteiger charge is -2.28. The Morgan fingerprint density at radius 2 is 2.22 bits per heavy atom. The topological polar surface area (TPSA) is 81.8 Å². The molecule has 2 saturated heterocycles. The van der Waals surface area contributed by atoms with Gasteiger partial charge in [-0.1, -0.05) is 0 Å². The van der Waals surface area contributed by atoms with Gasteiger partial charge in [0.1, 0.15) is 5.54 Å². The van der Waals surface area contributed by atoms with Crippen molar-refractivity contribution < 1.29 is 14.4 Å². The van der Waals surface area contributed by atoms with Crippen LogP contribution < -0.4 is 10.6 Å². The van der Waals surface area contributed by atoms with Gasteiger partial charge in [0, 0.05) is 24.5 Å². The van der Waals surface area contributed by atoms with Crippen molar-refractivity contribution in [3.63, 3.8) is 0 Å². The number of hydrogen-bond donors (Lipinski definition) is 2. The van der Waals surface area contributed by atoms with Crippen LogP contribution in [0.5, 0.6) is 0 Å². The number of carbonyl (C=O) groups is 3. The summed E-state index contributed by atoms with van der Waals surface area (Å²) in [6.45, 7) is 2.82. The predicted molar refractivity (Wildman–Crippen MR) is 83.9 cm³/mol. The van der Waals surface area contributed by atoms with Gasteiger partial charge < -0.3 is 10.2 Å². The van der Waals surface area contributed by atoms with Gasteiger partial charge in [-0.2, -0.15) is 0 Å². The van der Waals surface area contributed by atoms with Crippen LogP contribution in [0.1, 0.15) is 16.9 Å². The zero-order valence-corrected chi connectivity index (χ0v) is 13.4. The van der Waals surface area contributed by atoms with Crippen molar-refractivity contribution in [2.45, 2.75) is 24.9 Å².